The lowest BCUT2D eigenvalue weighted by atomic mass is 9.69. The van der Waals surface area contributed by atoms with Crippen LogP contribution >= 0.6 is 0 Å². The van der Waals surface area contributed by atoms with Gasteiger partial charge in [-0.2, -0.15) is 0 Å². The highest BCUT2D eigenvalue weighted by molar-refractivity contribution is 6.43. The number of imide groups is 1. The Morgan fingerprint density at radius 3 is 1.81 bits per heavy atom. The Morgan fingerprint density at radius 1 is 0.688 bits per heavy atom. The van der Waals surface area contributed by atoms with E-state index in [2.05, 4.69) is 0 Å². The summed E-state index contributed by atoms with van der Waals surface area (Å²) in [6.45, 7) is 1.76. The van der Waals surface area contributed by atoms with E-state index in [1.165, 1.54) is 4.90 Å². The van der Waals surface area contributed by atoms with Crippen molar-refractivity contribution in [2.45, 2.75) is 6.92 Å². The molecule has 1 heterocycles. The van der Waals surface area contributed by atoms with Crippen LogP contribution in [0.15, 0.2) is 102 Å². The normalized spacial score (nSPS) is 24.1. The molecule has 2 bridgehead atoms. The van der Waals surface area contributed by atoms with Gasteiger partial charge in [0.15, 0.2) is 5.78 Å². The minimum Gasteiger partial charge on any atom is -0.293 e. The Hall–Kier alpha value is -4.05. The number of carbonyl (C=O) groups is 3. The Labute approximate surface area is 185 Å². The molecule has 0 spiro atoms. The van der Waals surface area contributed by atoms with Crippen molar-refractivity contribution >= 4 is 34.4 Å². The minimum absolute atomic E-state index is 0.130. The van der Waals surface area contributed by atoms with Crippen LogP contribution in [0.4, 0.5) is 5.69 Å². The number of hydrogen-bond acceptors (Lipinski definition) is 3. The zero-order chi connectivity index (χ0) is 22.0. The number of carbonyl (C=O) groups excluding carboxylic acids is 3. The highest BCUT2D eigenvalue weighted by Crippen LogP contribution is 2.64. The van der Waals surface area contributed by atoms with Gasteiger partial charge in [0, 0.05) is 11.1 Å². The van der Waals surface area contributed by atoms with E-state index in [-0.39, 0.29) is 11.7 Å². The van der Waals surface area contributed by atoms with Crippen LogP contribution in [-0.4, -0.2) is 17.6 Å². The molecule has 0 aromatic heterocycles. The van der Waals surface area contributed by atoms with E-state index in [4.69, 9.17) is 0 Å². The van der Waals surface area contributed by atoms with Crippen molar-refractivity contribution in [1.82, 2.24) is 0 Å². The van der Waals surface area contributed by atoms with Crippen LogP contribution in [0.25, 0.3) is 11.1 Å². The Morgan fingerprint density at radius 2 is 1.22 bits per heavy atom. The molecule has 2 atom stereocenters. The maximum absolute atomic E-state index is 13.8. The second-order valence-corrected chi connectivity index (χ2v) is 8.55. The molecule has 0 radical (unpaired) electrons. The summed E-state index contributed by atoms with van der Waals surface area (Å²) in [4.78, 5) is 42.3. The lowest BCUT2D eigenvalue weighted by Gasteiger charge is -2.30. The van der Waals surface area contributed by atoms with Crippen LogP contribution in [0.3, 0.4) is 0 Å². The van der Waals surface area contributed by atoms with Crippen molar-refractivity contribution in [3.8, 4) is 0 Å². The van der Waals surface area contributed by atoms with E-state index in [9.17, 15) is 14.4 Å². The van der Waals surface area contributed by atoms with Gasteiger partial charge in [-0.05, 0) is 41.3 Å². The Balaban J connectivity index is 1.64. The fraction of sp³-hybridized carbons (Fsp3) is 0.107. The van der Waals surface area contributed by atoms with Crippen LogP contribution in [0.1, 0.15) is 18.1 Å². The van der Waals surface area contributed by atoms with Crippen LogP contribution in [0.2, 0.25) is 0 Å². The molecule has 6 rings (SSSR count). The molecule has 4 nitrogen and oxygen atoms in total. The number of Topliss-reactive ketones (excluding diaryl/α,β-unsaturated/α-hetero) is 1. The molecule has 1 fully saturated rings. The highest BCUT2D eigenvalue weighted by Gasteiger charge is 2.69. The van der Waals surface area contributed by atoms with Crippen molar-refractivity contribution in [2.75, 3.05) is 4.90 Å². The number of anilines is 1. The summed E-state index contributed by atoms with van der Waals surface area (Å²) in [6, 6.07) is 28.3. The topological polar surface area (TPSA) is 54.5 Å². The maximum Gasteiger partial charge on any atom is 0.262 e. The van der Waals surface area contributed by atoms with Crippen molar-refractivity contribution in [3.05, 3.63) is 113 Å². The molecule has 3 aromatic carbocycles. The molecule has 3 aliphatic rings. The second kappa shape index (κ2) is 6.47. The number of allylic oxidation sites excluding steroid dienone is 3. The Bertz CT molecular complexity index is 1370. The van der Waals surface area contributed by atoms with Gasteiger partial charge in [0.05, 0.1) is 17.0 Å². The molecule has 154 valence electrons. The van der Waals surface area contributed by atoms with E-state index < -0.39 is 17.2 Å². The molecule has 4 heteroatoms. The number of fused-ring (bicyclic) bond motifs is 4. The lowest BCUT2D eigenvalue weighted by molar-refractivity contribution is -0.129. The van der Waals surface area contributed by atoms with Gasteiger partial charge in [0.2, 0.25) is 5.91 Å². The van der Waals surface area contributed by atoms with E-state index in [1.54, 1.807) is 31.2 Å². The number of rotatable bonds is 3. The second-order valence-electron chi connectivity index (χ2n) is 8.55. The van der Waals surface area contributed by atoms with Gasteiger partial charge < -0.3 is 0 Å². The fourth-order valence-electron chi connectivity index (χ4n) is 5.52. The molecular formula is C28H19NO3. The van der Waals surface area contributed by atoms with Gasteiger partial charge >= 0.3 is 0 Å². The molecule has 2 amide bonds. The summed E-state index contributed by atoms with van der Waals surface area (Å²) in [5, 5.41) is 0. The molecule has 0 N–H and O–H groups in total. The fourth-order valence-corrected chi connectivity index (χ4v) is 5.52. The first-order valence-corrected chi connectivity index (χ1v) is 10.6. The molecule has 0 saturated carbocycles. The molecule has 2 aliphatic carbocycles. The lowest BCUT2D eigenvalue weighted by Crippen LogP contribution is -2.39. The average molecular weight is 417 g/mol. The van der Waals surface area contributed by atoms with Crippen LogP contribution in [0, 0.1) is 11.3 Å². The molecule has 2 unspecified atom stereocenters. The van der Waals surface area contributed by atoms with Crippen molar-refractivity contribution in [2.24, 2.45) is 11.3 Å². The zero-order valence-electron chi connectivity index (χ0n) is 17.4. The SMILES string of the molecule is CC12C(=O)N(c3ccccc3)C(=O)C1=C1C(=O)C2C(c2ccccc2)=C1c1ccccc1. The third-order valence-corrected chi connectivity index (χ3v) is 6.89. The van der Waals surface area contributed by atoms with Gasteiger partial charge in [-0.1, -0.05) is 78.9 Å². The summed E-state index contributed by atoms with van der Waals surface area (Å²) in [7, 11) is 0. The highest BCUT2D eigenvalue weighted by atomic mass is 16.2. The predicted molar refractivity (Wildman–Crippen MR) is 122 cm³/mol. The summed E-state index contributed by atoms with van der Waals surface area (Å²) in [6.07, 6.45) is 0. The van der Waals surface area contributed by atoms with Crippen molar-refractivity contribution in [1.29, 1.82) is 0 Å². The van der Waals surface area contributed by atoms with Gasteiger partial charge in [0.25, 0.3) is 5.91 Å². The first-order valence-electron chi connectivity index (χ1n) is 10.6. The van der Waals surface area contributed by atoms with Crippen molar-refractivity contribution in [3.63, 3.8) is 0 Å². The zero-order valence-corrected chi connectivity index (χ0v) is 17.4. The van der Waals surface area contributed by atoms with E-state index in [1.807, 2.05) is 66.7 Å². The van der Waals surface area contributed by atoms with Crippen molar-refractivity contribution < 1.29 is 14.4 Å². The summed E-state index contributed by atoms with van der Waals surface area (Å²) >= 11 is 0. The standard InChI is InChI=1S/C28H19NO3/c1-28-23-21(18-13-7-3-8-14-18)20(17-11-5-2-6-12-17)22(25(23)30)24(28)26(31)29(27(28)32)19-15-9-4-10-16-19/h2-16,23H,1H3. The minimum atomic E-state index is -1.21. The molecule has 32 heavy (non-hydrogen) atoms. The van der Waals surface area contributed by atoms with E-state index in [0.29, 0.717) is 16.8 Å². The van der Waals surface area contributed by atoms with Crippen LogP contribution in [0.5, 0.6) is 0 Å². The Kier molecular flexibility index (Phi) is 3.78. The van der Waals surface area contributed by atoms with E-state index in [0.717, 1.165) is 22.3 Å². The monoisotopic (exact) mass is 417 g/mol. The van der Waals surface area contributed by atoms with Crippen LogP contribution < -0.4 is 4.90 Å². The largest absolute Gasteiger partial charge is 0.293 e. The summed E-state index contributed by atoms with van der Waals surface area (Å²) in [5.41, 5.74) is 3.45. The number of nitrogens with zero attached hydrogens (tertiary/aromatic N) is 1. The molecule has 1 aliphatic heterocycles. The van der Waals surface area contributed by atoms with Crippen LogP contribution in [-0.2, 0) is 14.4 Å². The summed E-state index contributed by atoms with van der Waals surface area (Å²) < 4.78 is 0. The number of amides is 2. The number of ketones is 1. The summed E-state index contributed by atoms with van der Waals surface area (Å²) in [5.74, 6) is -1.57. The van der Waals surface area contributed by atoms with Gasteiger partial charge in [-0.25, -0.2) is 4.90 Å². The molecule has 1 saturated heterocycles. The quantitative estimate of drug-likeness (QED) is 0.581. The molecular weight excluding hydrogens is 398 g/mol. The van der Waals surface area contributed by atoms with Gasteiger partial charge in [-0.15, -0.1) is 0 Å². The maximum atomic E-state index is 13.8. The first kappa shape index (κ1) is 18.7. The average Bonchev–Trinajstić information content (AvgIpc) is 3.33. The third kappa shape index (κ3) is 2.19. The predicted octanol–water partition coefficient (Wildman–Crippen LogP) is 4.69. The third-order valence-electron chi connectivity index (χ3n) is 6.89. The molecule has 3 aromatic rings. The van der Waals surface area contributed by atoms with Gasteiger partial charge in [0.1, 0.15) is 0 Å². The number of hydrogen-bond donors (Lipinski definition) is 0. The smallest absolute Gasteiger partial charge is 0.262 e. The number of benzene rings is 3. The first-order chi connectivity index (χ1) is 15.5. The van der Waals surface area contributed by atoms with Gasteiger partial charge in [-0.3, -0.25) is 14.4 Å². The number of para-hydroxylation sites is 1. The van der Waals surface area contributed by atoms with E-state index >= 15 is 0 Å².